The maximum atomic E-state index is 11.7. The molecular formula is C23H23NO5. The van der Waals surface area contributed by atoms with Gasteiger partial charge >= 0.3 is 5.97 Å². The minimum Gasteiger partial charge on any atom is -0.490 e. The number of benzene rings is 3. The van der Waals surface area contributed by atoms with Gasteiger partial charge in [-0.2, -0.15) is 0 Å². The van der Waals surface area contributed by atoms with Crippen LogP contribution in [0.5, 0.6) is 11.5 Å². The monoisotopic (exact) mass is 393 g/mol. The van der Waals surface area contributed by atoms with Gasteiger partial charge in [-0.25, -0.2) is 0 Å². The van der Waals surface area contributed by atoms with Crippen LogP contribution in [0.3, 0.4) is 0 Å². The molecule has 0 spiro atoms. The summed E-state index contributed by atoms with van der Waals surface area (Å²) >= 11 is 0. The Morgan fingerprint density at radius 1 is 0.828 bits per heavy atom. The van der Waals surface area contributed by atoms with E-state index in [1.165, 1.54) is 0 Å². The molecule has 3 aromatic carbocycles. The van der Waals surface area contributed by atoms with E-state index < -0.39 is 5.97 Å². The summed E-state index contributed by atoms with van der Waals surface area (Å²) in [5.74, 6) is 0.150. The third kappa shape index (κ3) is 6.24. The lowest BCUT2D eigenvalue weighted by Crippen LogP contribution is -2.23. The molecule has 0 radical (unpaired) electrons. The summed E-state index contributed by atoms with van der Waals surface area (Å²) in [6.07, 6.45) is -0.228. The lowest BCUT2D eigenvalue weighted by molar-refractivity contribution is -0.138. The van der Waals surface area contributed by atoms with Crippen molar-refractivity contribution in [2.75, 3.05) is 13.2 Å². The number of carbonyl (C=O) groups excluding carboxylic acids is 1. The maximum Gasteiger partial charge on any atom is 0.303 e. The van der Waals surface area contributed by atoms with Crippen molar-refractivity contribution in [3.8, 4) is 11.5 Å². The minimum atomic E-state index is -0.990. The van der Waals surface area contributed by atoms with E-state index >= 15 is 0 Å². The van der Waals surface area contributed by atoms with Crippen molar-refractivity contribution in [2.24, 2.45) is 0 Å². The number of nitrogens with one attached hydrogen (secondary N) is 1. The highest BCUT2D eigenvalue weighted by atomic mass is 16.5. The van der Waals surface area contributed by atoms with Crippen LogP contribution in [-0.2, 0) is 16.1 Å². The Morgan fingerprint density at radius 3 is 2.38 bits per heavy atom. The molecule has 29 heavy (non-hydrogen) atoms. The standard InChI is InChI=1S/C23H23NO5/c25-22(11-12-23(26)27)24-16-19-7-3-4-8-21(19)29-14-13-28-20-10-9-17-5-1-2-6-18(17)15-20/h1-10,15H,11-14,16H2,(H,24,25)(H,26,27). The van der Waals surface area contributed by atoms with E-state index in [1.54, 1.807) is 0 Å². The van der Waals surface area contributed by atoms with Gasteiger partial charge in [0.05, 0.1) is 6.42 Å². The van der Waals surface area contributed by atoms with Crippen LogP contribution in [0.2, 0.25) is 0 Å². The van der Waals surface area contributed by atoms with E-state index in [4.69, 9.17) is 14.6 Å². The SMILES string of the molecule is O=C(O)CCC(=O)NCc1ccccc1OCCOc1ccc2ccccc2c1. The first-order valence-corrected chi connectivity index (χ1v) is 9.42. The fourth-order valence-electron chi connectivity index (χ4n) is 2.86. The zero-order valence-electron chi connectivity index (χ0n) is 16.0. The number of carboxylic acids is 1. The molecule has 0 fully saturated rings. The van der Waals surface area contributed by atoms with Crippen LogP contribution in [0, 0.1) is 0 Å². The van der Waals surface area contributed by atoms with Crippen LogP contribution >= 0.6 is 0 Å². The molecule has 3 rings (SSSR count). The maximum absolute atomic E-state index is 11.7. The molecule has 0 aliphatic rings. The van der Waals surface area contributed by atoms with Gasteiger partial charge in [0.2, 0.25) is 5.91 Å². The summed E-state index contributed by atoms with van der Waals surface area (Å²) < 4.78 is 11.6. The van der Waals surface area contributed by atoms with E-state index in [0.29, 0.717) is 19.0 Å². The Morgan fingerprint density at radius 2 is 1.55 bits per heavy atom. The number of hydrogen-bond donors (Lipinski definition) is 2. The predicted molar refractivity (Wildman–Crippen MR) is 110 cm³/mol. The van der Waals surface area contributed by atoms with Crippen molar-refractivity contribution >= 4 is 22.6 Å². The van der Waals surface area contributed by atoms with Crippen molar-refractivity contribution in [3.05, 3.63) is 72.3 Å². The summed E-state index contributed by atoms with van der Waals surface area (Å²) in [6, 6.07) is 21.4. The molecule has 0 saturated carbocycles. The lowest BCUT2D eigenvalue weighted by Gasteiger charge is -2.13. The Kier molecular flexibility index (Phi) is 7.05. The van der Waals surface area contributed by atoms with Crippen molar-refractivity contribution in [1.29, 1.82) is 0 Å². The molecule has 6 nitrogen and oxygen atoms in total. The number of fused-ring (bicyclic) bond motifs is 1. The molecule has 0 saturated heterocycles. The lowest BCUT2D eigenvalue weighted by atomic mass is 10.1. The second kappa shape index (κ2) is 10.1. The van der Waals surface area contributed by atoms with Crippen molar-refractivity contribution < 1.29 is 24.2 Å². The number of carbonyl (C=O) groups is 2. The number of carboxylic acid groups (broad SMARTS) is 1. The van der Waals surface area contributed by atoms with Gasteiger partial charge in [-0.3, -0.25) is 9.59 Å². The summed E-state index contributed by atoms with van der Waals surface area (Å²) in [6.45, 7) is 1.02. The van der Waals surface area contributed by atoms with Gasteiger partial charge in [-0.15, -0.1) is 0 Å². The molecule has 0 bridgehead atoms. The summed E-state index contributed by atoms with van der Waals surface area (Å²) in [4.78, 5) is 22.2. The van der Waals surface area contributed by atoms with Crippen LogP contribution < -0.4 is 14.8 Å². The number of para-hydroxylation sites is 1. The van der Waals surface area contributed by atoms with Crippen LogP contribution in [-0.4, -0.2) is 30.2 Å². The van der Waals surface area contributed by atoms with Crippen molar-refractivity contribution in [1.82, 2.24) is 5.32 Å². The molecular weight excluding hydrogens is 370 g/mol. The van der Waals surface area contributed by atoms with E-state index in [9.17, 15) is 9.59 Å². The third-order valence-electron chi connectivity index (χ3n) is 4.35. The topological polar surface area (TPSA) is 84.9 Å². The number of ether oxygens (including phenoxy) is 2. The Bertz CT molecular complexity index is 986. The van der Waals surface area contributed by atoms with Crippen LogP contribution in [0.1, 0.15) is 18.4 Å². The van der Waals surface area contributed by atoms with Gasteiger partial charge in [0.1, 0.15) is 24.7 Å². The number of amides is 1. The molecule has 6 heteroatoms. The molecule has 1 amide bonds. The van der Waals surface area contributed by atoms with Crippen LogP contribution in [0.15, 0.2) is 66.7 Å². The Balaban J connectivity index is 1.47. The second-order valence-corrected chi connectivity index (χ2v) is 6.48. The minimum absolute atomic E-state index is 0.0437. The quantitative estimate of drug-likeness (QED) is 0.512. The molecule has 0 atom stereocenters. The molecule has 0 unspecified atom stereocenters. The first kappa shape index (κ1) is 20.2. The smallest absolute Gasteiger partial charge is 0.303 e. The third-order valence-corrected chi connectivity index (χ3v) is 4.35. The number of aliphatic carboxylic acids is 1. The highest BCUT2D eigenvalue weighted by Gasteiger charge is 2.08. The fourth-order valence-corrected chi connectivity index (χ4v) is 2.86. The Hall–Kier alpha value is -3.54. The average molecular weight is 393 g/mol. The molecule has 150 valence electrons. The summed E-state index contributed by atoms with van der Waals surface area (Å²) in [7, 11) is 0. The summed E-state index contributed by atoms with van der Waals surface area (Å²) in [5.41, 5.74) is 0.821. The van der Waals surface area contributed by atoms with Gasteiger partial charge in [0.25, 0.3) is 0 Å². The highest BCUT2D eigenvalue weighted by molar-refractivity contribution is 5.83. The molecule has 2 N–H and O–H groups in total. The highest BCUT2D eigenvalue weighted by Crippen LogP contribution is 2.21. The largest absolute Gasteiger partial charge is 0.490 e. The zero-order valence-corrected chi connectivity index (χ0v) is 16.0. The summed E-state index contributed by atoms with van der Waals surface area (Å²) in [5, 5.41) is 13.6. The average Bonchev–Trinajstić information content (AvgIpc) is 2.74. The van der Waals surface area contributed by atoms with Crippen LogP contribution in [0.25, 0.3) is 10.8 Å². The fraction of sp³-hybridized carbons (Fsp3) is 0.217. The normalized spacial score (nSPS) is 10.5. The van der Waals surface area contributed by atoms with Gasteiger partial charge < -0.3 is 19.9 Å². The van der Waals surface area contributed by atoms with Gasteiger partial charge in [-0.1, -0.05) is 48.5 Å². The second-order valence-electron chi connectivity index (χ2n) is 6.48. The predicted octanol–water partition coefficient (Wildman–Crippen LogP) is 3.78. The first-order chi connectivity index (χ1) is 14.1. The Labute approximate surface area is 169 Å². The number of rotatable bonds is 10. The van der Waals surface area contributed by atoms with E-state index in [0.717, 1.165) is 22.1 Å². The van der Waals surface area contributed by atoms with Crippen molar-refractivity contribution in [2.45, 2.75) is 19.4 Å². The molecule has 0 heterocycles. The first-order valence-electron chi connectivity index (χ1n) is 9.42. The van der Waals surface area contributed by atoms with Gasteiger partial charge in [0, 0.05) is 18.5 Å². The van der Waals surface area contributed by atoms with E-state index in [1.807, 2.05) is 60.7 Å². The molecule has 3 aromatic rings. The van der Waals surface area contributed by atoms with E-state index in [-0.39, 0.29) is 25.3 Å². The zero-order chi connectivity index (χ0) is 20.5. The number of hydrogen-bond acceptors (Lipinski definition) is 4. The van der Waals surface area contributed by atoms with Crippen LogP contribution in [0.4, 0.5) is 0 Å². The molecule has 0 aliphatic carbocycles. The molecule has 0 aliphatic heterocycles. The molecule has 0 aromatic heterocycles. The van der Waals surface area contributed by atoms with Crippen molar-refractivity contribution in [3.63, 3.8) is 0 Å². The van der Waals surface area contributed by atoms with Gasteiger partial charge in [-0.05, 0) is 29.0 Å². The van der Waals surface area contributed by atoms with E-state index in [2.05, 4.69) is 11.4 Å². The van der Waals surface area contributed by atoms with Gasteiger partial charge in [0.15, 0.2) is 0 Å².